The molecule has 3 rings (SSSR count). The molecule has 2 atom stereocenters. The zero-order valence-corrected chi connectivity index (χ0v) is 13.1. The molecule has 0 saturated carbocycles. The highest BCUT2D eigenvalue weighted by molar-refractivity contribution is 7.89. The van der Waals surface area contributed by atoms with Crippen molar-refractivity contribution in [2.45, 2.75) is 48.8 Å². The molecule has 2 fully saturated rings. The van der Waals surface area contributed by atoms with Crippen molar-refractivity contribution in [1.29, 1.82) is 0 Å². The molecule has 0 amide bonds. The monoisotopic (exact) mass is 326 g/mol. The van der Waals surface area contributed by atoms with Crippen LogP contribution in [0.5, 0.6) is 0 Å². The zero-order chi connectivity index (χ0) is 15.2. The molecule has 5 nitrogen and oxygen atoms in total. The van der Waals surface area contributed by atoms with Gasteiger partial charge in [0.25, 0.3) is 0 Å². The van der Waals surface area contributed by atoms with E-state index in [-0.39, 0.29) is 28.1 Å². The minimum Gasteiger partial charge on any atom is -0.393 e. The van der Waals surface area contributed by atoms with Gasteiger partial charge in [-0.05, 0) is 37.8 Å². The Morgan fingerprint density at radius 3 is 2.19 bits per heavy atom. The van der Waals surface area contributed by atoms with Gasteiger partial charge in [0.05, 0.1) is 11.0 Å². The van der Waals surface area contributed by atoms with Crippen LogP contribution in [0.1, 0.15) is 31.2 Å². The molecule has 21 heavy (non-hydrogen) atoms. The van der Waals surface area contributed by atoms with E-state index in [1.165, 1.54) is 0 Å². The largest absolute Gasteiger partial charge is 0.393 e. The van der Waals surface area contributed by atoms with Crippen LogP contribution in [0.15, 0.2) is 29.2 Å². The van der Waals surface area contributed by atoms with Gasteiger partial charge in [0.2, 0.25) is 10.0 Å². The van der Waals surface area contributed by atoms with Crippen LogP contribution in [-0.2, 0) is 10.0 Å². The molecule has 0 spiro atoms. The van der Waals surface area contributed by atoms with E-state index in [0.29, 0.717) is 18.4 Å². The number of thiocarbonyl (C=S) groups is 1. The third-order valence-corrected chi connectivity index (χ3v) is 6.61. The van der Waals surface area contributed by atoms with Crippen molar-refractivity contribution >= 4 is 27.2 Å². The SMILES string of the molecule is NC(=S)c1ccc(S(=O)(=O)N2C3CCC2CC(O)C3)cc1. The van der Waals surface area contributed by atoms with Gasteiger partial charge >= 0.3 is 0 Å². The first-order chi connectivity index (χ1) is 9.89. The van der Waals surface area contributed by atoms with E-state index in [9.17, 15) is 13.5 Å². The van der Waals surface area contributed by atoms with Gasteiger partial charge in [-0.3, -0.25) is 0 Å². The third-order valence-electron chi connectivity index (χ3n) is 4.36. The zero-order valence-electron chi connectivity index (χ0n) is 11.5. The van der Waals surface area contributed by atoms with Gasteiger partial charge in [0.1, 0.15) is 4.99 Å². The molecule has 1 aromatic carbocycles. The first-order valence-electron chi connectivity index (χ1n) is 7.01. The van der Waals surface area contributed by atoms with Crippen LogP contribution in [0.2, 0.25) is 0 Å². The number of rotatable bonds is 3. The van der Waals surface area contributed by atoms with E-state index in [2.05, 4.69) is 0 Å². The Kier molecular flexibility index (Phi) is 3.77. The minimum atomic E-state index is -3.53. The number of fused-ring (bicyclic) bond motifs is 2. The van der Waals surface area contributed by atoms with E-state index in [1.807, 2.05) is 0 Å². The number of nitrogens with zero attached hydrogens (tertiary/aromatic N) is 1. The van der Waals surface area contributed by atoms with E-state index in [0.717, 1.165) is 12.8 Å². The fraction of sp³-hybridized carbons (Fsp3) is 0.500. The second-order valence-corrected chi connectivity index (χ2v) is 8.02. The standard InChI is InChI=1S/C14H18N2O3S2/c15-14(20)9-1-5-13(6-2-9)21(18,19)16-10-3-4-11(16)8-12(17)7-10/h1-2,5-6,10-12,17H,3-4,7-8H2,(H2,15,20). The second-order valence-electron chi connectivity index (χ2n) is 5.73. The maximum atomic E-state index is 12.8. The van der Waals surface area contributed by atoms with Crippen LogP contribution >= 0.6 is 12.2 Å². The summed E-state index contributed by atoms with van der Waals surface area (Å²) < 4.78 is 27.2. The number of sulfonamides is 1. The van der Waals surface area contributed by atoms with Crippen molar-refractivity contribution in [3.05, 3.63) is 29.8 Å². The highest BCUT2D eigenvalue weighted by Gasteiger charge is 2.46. The number of aliphatic hydroxyl groups is 1. The fourth-order valence-electron chi connectivity index (χ4n) is 3.41. The van der Waals surface area contributed by atoms with Gasteiger partial charge < -0.3 is 10.8 Å². The average molecular weight is 326 g/mol. The van der Waals surface area contributed by atoms with Crippen molar-refractivity contribution in [1.82, 2.24) is 4.31 Å². The van der Waals surface area contributed by atoms with Gasteiger partial charge in [-0.15, -0.1) is 0 Å². The lowest BCUT2D eigenvalue weighted by Crippen LogP contribution is -2.47. The van der Waals surface area contributed by atoms with Gasteiger partial charge in [-0.25, -0.2) is 8.42 Å². The van der Waals surface area contributed by atoms with Gasteiger partial charge in [-0.1, -0.05) is 24.4 Å². The van der Waals surface area contributed by atoms with Crippen LogP contribution in [-0.4, -0.2) is 41.0 Å². The molecule has 0 radical (unpaired) electrons. The Morgan fingerprint density at radius 1 is 1.19 bits per heavy atom. The van der Waals surface area contributed by atoms with Crippen LogP contribution in [0.3, 0.4) is 0 Å². The molecule has 2 heterocycles. The summed E-state index contributed by atoms with van der Waals surface area (Å²) in [4.78, 5) is 0.510. The number of aliphatic hydroxyl groups excluding tert-OH is 1. The highest BCUT2D eigenvalue weighted by atomic mass is 32.2. The Morgan fingerprint density at radius 2 is 1.71 bits per heavy atom. The van der Waals surface area contributed by atoms with Crippen molar-refractivity contribution in [2.24, 2.45) is 5.73 Å². The molecule has 2 aliphatic rings. The van der Waals surface area contributed by atoms with Crippen molar-refractivity contribution in [2.75, 3.05) is 0 Å². The van der Waals surface area contributed by atoms with Crippen molar-refractivity contribution < 1.29 is 13.5 Å². The Balaban J connectivity index is 1.92. The molecule has 114 valence electrons. The number of hydrogen-bond donors (Lipinski definition) is 2. The predicted molar refractivity (Wildman–Crippen MR) is 83.4 cm³/mol. The Hall–Kier alpha value is -1.02. The molecule has 2 bridgehead atoms. The number of benzene rings is 1. The van der Waals surface area contributed by atoms with E-state index in [4.69, 9.17) is 18.0 Å². The number of piperidine rings is 1. The molecule has 0 aromatic heterocycles. The molecular formula is C14H18N2O3S2. The van der Waals surface area contributed by atoms with Crippen LogP contribution in [0, 0.1) is 0 Å². The topological polar surface area (TPSA) is 83.6 Å². The summed E-state index contributed by atoms with van der Waals surface area (Å²) in [5.74, 6) is 0. The highest BCUT2D eigenvalue weighted by Crippen LogP contribution is 2.39. The number of hydrogen-bond acceptors (Lipinski definition) is 4. The maximum absolute atomic E-state index is 12.8. The molecular weight excluding hydrogens is 308 g/mol. The molecule has 2 aliphatic heterocycles. The van der Waals surface area contributed by atoms with Gasteiger partial charge in [0, 0.05) is 17.6 Å². The quantitative estimate of drug-likeness (QED) is 0.810. The molecule has 3 N–H and O–H groups in total. The predicted octanol–water partition coefficient (Wildman–Crippen LogP) is 0.997. The second kappa shape index (κ2) is 5.31. The summed E-state index contributed by atoms with van der Waals surface area (Å²) in [5, 5.41) is 9.79. The molecule has 1 aromatic rings. The van der Waals surface area contributed by atoms with Crippen LogP contribution in [0.25, 0.3) is 0 Å². The Labute approximate surface area is 129 Å². The number of nitrogens with two attached hydrogens (primary N) is 1. The summed E-state index contributed by atoms with van der Waals surface area (Å²) >= 11 is 4.87. The first-order valence-corrected chi connectivity index (χ1v) is 8.86. The summed E-state index contributed by atoms with van der Waals surface area (Å²) in [6, 6.07) is 6.20. The fourth-order valence-corrected chi connectivity index (χ4v) is 5.44. The molecule has 2 saturated heterocycles. The lowest BCUT2D eigenvalue weighted by molar-refractivity contribution is 0.0769. The average Bonchev–Trinajstić information content (AvgIpc) is 2.72. The van der Waals surface area contributed by atoms with Crippen LogP contribution in [0.4, 0.5) is 0 Å². The van der Waals surface area contributed by atoms with E-state index >= 15 is 0 Å². The summed E-state index contributed by atoms with van der Waals surface area (Å²) in [6.07, 6.45) is 2.32. The molecule has 2 unspecified atom stereocenters. The third kappa shape index (κ3) is 2.59. The smallest absolute Gasteiger partial charge is 0.243 e. The first kappa shape index (κ1) is 14.9. The molecule has 0 aliphatic carbocycles. The summed E-state index contributed by atoms with van der Waals surface area (Å²) in [6.45, 7) is 0. The minimum absolute atomic E-state index is 0.0842. The maximum Gasteiger partial charge on any atom is 0.243 e. The Bertz CT molecular complexity index is 643. The van der Waals surface area contributed by atoms with E-state index in [1.54, 1.807) is 28.6 Å². The lowest BCUT2D eigenvalue weighted by Gasteiger charge is -2.36. The molecule has 7 heteroatoms. The lowest BCUT2D eigenvalue weighted by atomic mass is 10.0. The van der Waals surface area contributed by atoms with Crippen LogP contribution < -0.4 is 5.73 Å². The normalized spacial score (nSPS) is 29.5. The van der Waals surface area contributed by atoms with E-state index < -0.39 is 10.0 Å². The van der Waals surface area contributed by atoms with Crippen molar-refractivity contribution in [3.8, 4) is 0 Å². The summed E-state index contributed by atoms with van der Waals surface area (Å²) in [5.41, 5.74) is 6.18. The van der Waals surface area contributed by atoms with Crippen molar-refractivity contribution in [3.63, 3.8) is 0 Å². The summed E-state index contributed by atoms with van der Waals surface area (Å²) in [7, 11) is -3.53. The van der Waals surface area contributed by atoms with Gasteiger partial charge in [-0.2, -0.15) is 4.31 Å². The van der Waals surface area contributed by atoms with Gasteiger partial charge in [0.15, 0.2) is 0 Å².